The summed E-state index contributed by atoms with van der Waals surface area (Å²) in [6, 6.07) is 21.9. The smallest absolute Gasteiger partial charge is 0.264 e. The Morgan fingerprint density at radius 3 is 2.05 bits per heavy atom. The molecule has 2 amide bonds. The van der Waals surface area contributed by atoms with Gasteiger partial charge in [0.2, 0.25) is 11.8 Å². The molecule has 8 heteroatoms. The Morgan fingerprint density at radius 1 is 0.842 bits per heavy atom. The van der Waals surface area contributed by atoms with E-state index in [-0.39, 0.29) is 23.3 Å². The Hall–Kier alpha value is -3.65. The molecule has 7 nitrogen and oxygen atoms in total. The minimum atomic E-state index is -4.06. The third-order valence-corrected chi connectivity index (χ3v) is 8.17. The van der Waals surface area contributed by atoms with Crippen LogP contribution in [0.4, 0.5) is 5.69 Å². The van der Waals surface area contributed by atoms with Gasteiger partial charge >= 0.3 is 0 Å². The van der Waals surface area contributed by atoms with E-state index in [2.05, 4.69) is 5.32 Å². The number of aryl methyl sites for hydroxylation is 2. The van der Waals surface area contributed by atoms with E-state index in [1.165, 1.54) is 17.0 Å². The highest BCUT2D eigenvalue weighted by molar-refractivity contribution is 7.92. The van der Waals surface area contributed by atoms with Crippen LogP contribution in [0.15, 0.2) is 83.8 Å². The second kappa shape index (κ2) is 12.7. The minimum absolute atomic E-state index is 0.0907. The number of hydrogen-bond acceptors (Lipinski definition) is 4. The van der Waals surface area contributed by atoms with Crippen LogP contribution in [0.25, 0.3) is 0 Å². The molecular weight excluding hydrogens is 498 g/mol. The number of carbonyl (C=O) groups excluding carboxylic acids is 2. The molecule has 0 heterocycles. The second-order valence-electron chi connectivity index (χ2n) is 9.92. The molecule has 38 heavy (non-hydrogen) atoms. The number of nitrogens with zero attached hydrogens (tertiary/aromatic N) is 2. The first-order chi connectivity index (χ1) is 18.0. The molecule has 0 aliphatic heterocycles. The van der Waals surface area contributed by atoms with Crippen LogP contribution in [-0.4, -0.2) is 44.3 Å². The molecule has 0 fully saturated rings. The number of carbonyl (C=O) groups is 2. The Balaban J connectivity index is 1.99. The highest BCUT2D eigenvalue weighted by atomic mass is 32.2. The summed E-state index contributed by atoms with van der Waals surface area (Å²) < 4.78 is 28.7. The second-order valence-corrected chi connectivity index (χ2v) is 11.8. The fourth-order valence-corrected chi connectivity index (χ4v) is 5.38. The monoisotopic (exact) mass is 535 g/mol. The van der Waals surface area contributed by atoms with Gasteiger partial charge in [0.05, 0.1) is 10.6 Å². The third-order valence-electron chi connectivity index (χ3n) is 6.39. The quantitative estimate of drug-likeness (QED) is 0.386. The van der Waals surface area contributed by atoms with Crippen molar-refractivity contribution in [1.29, 1.82) is 0 Å². The lowest BCUT2D eigenvalue weighted by Crippen LogP contribution is -2.51. The maximum Gasteiger partial charge on any atom is 0.264 e. The summed E-state index contributed by atoms with van der Waals surface area (Å²) in [5, 5.41) is 2.90. The van der Waals surface area contributed by atoms with Crippen molar-refractivity contribution in [3.8, 4) is 0 Å². The zero-order chi connectivity index (χ0) is 27.9. The van der Waals surface area contributed by atoms with E-state index in [0.717, 1.165) is 21.0 Å². The Morgan fingerprint density at radius 2 is 1.45 bits per heavy atom. The van der Waals surface area contributed by atoms with Gasteiger partial charge in [-0.15, -0.1) is 0 Å². The van der Waals surface area contributed by atoms with Crippen molar-refractivity contribution in [3.63, 3.8) is 0 Å². The van der Waals surface area contributed by atoms with Crippen molar-refractivity contribution in [2.24, 2.45) is 5.92 Å². The zero-order valence-corrected chi connectivity index (χ0v) is 23.5. The van der Waals surface area contributed by atoms with E-state index in [1.807, 2.05) is 52.0 Å². The minimum Gasteiger partial charge on any atom is -0.354 e. The molecule has 1 unspecified atom stereocenters. The summed E-state index contributed by atoms with van der Waals surface area (Å²) in [5.74, 6) is -0.506. The maximum atomic E-state index is 13.9. The summed E-state index contributed by atoms with van der Waals surface area (Å²) in [6.45, 7) is 9.69. The largest absolute Gasteiger partial charge is 0.354 e. The van der Waals surface area contributed by atoms with E-state index >= 15 is 0 Å². The van der Waals surface area contributed by atoms with Crippen LogP contribution in [0.1, 0.15) is 37.5 Å². The summed E-state index contributed by atoms with van der Waals surface area (Å²) in [6.07, 6.45) is 0. The lowest BCUT2D eigenvalue weighted by molar-refractivity contribution is -0.139. The van der Waals surface area contributed by atoms with Crippen molar-refractivity contribution in [2.75, 3.05) is 17.4 Å². The normalized spacial score (nSPS) is 12.2. The van der Waals surface area contributed by atoms with Crippen LogP contribution in [0.2, 0.25) is 0 Å². The molecule has 0 bridgehead atoms. The first-order valence-corrected chi connectivity index (χ1v) is 14.2. The highest BCUT2D eigenvalue weighted by Gasteiger charge is 2.32. The van der Waals surface area contributed by atoms with Crippen LogP contribution in [0.3, 0.4) is 0 Å². The molecule has 0 saturated carbocycles. The first-order valence-electron chi connectivity index (χ1n) is 12.8. The molecule has 0 aromatic heterocycles. The van der Waals surface area contributed by atoms with Crippen molar-refractivity contribution >= 4 is 27.5 Å². The number of benzene rings is 3. The number of sulfonamides is 1. The van der Waals surface area contributed by atoms with Gasteiger partial charge in [-0.25, -0.2) is 8.42 Å². The lowest BCUT2D eigenvalue weighted by atomic mass is 10.1. The Kier molecular flexibility index (Phi) is 9.69. The maximum absolute atomic E-state index is 13.9. The fourth-order valence-electron chi connectivity index (χ4n) is 3.97. The summed E-state index contributed by atoms with van der Waals surface area (Å²) in [7, 11) is -4.06. The third kappa shape index (κ3) is 7.22. The van der Waals surface area contributed by atoms with Gasteiger partial charge in [-0.3, -0.25) is 13.9 Å². The molecule has 3 aromatic carbocycles. The predicted octanol–water partition coefficient (Wildman–Crippen LogP) is 4.69. The molecular formula is C30H37N3O4S. The van der Waals surface area contributed by atoms with Gasteiger partial charge in [-0.2, -0.15) is 0 Å². The van der Waals surface area contributed by atoms with Crippen LogP contribution < -0.4 is 9.62 Å². The molecule has 1 N–H and O–H groups in total. The fraction of sp³-hybridized carbons (Fsp3) is 0.333. The number of anilines is 1. The van der Waals surface area contributed by atoms with Crippen molar-refractivity contribution in [1.82, 2.24) is 10.2 Å². The van der Waals surface area contributed by atoms with E-state index in [9.17, 15) is 18.0 Å². The molecule has 0 aliphatic carbocycles. The van der Waals surface area contributed by atoms with Gasteiger partial charge in [0.15, 0.2) is 0 Å². The van der Waals surface area contributed by atoms with Crippen LogP contribution in [0, 0.1) is 19.8 Å². The van der Waals surface area contributed by atoms with Crippen molar-refractivity contribution in [2.45, 2.75) is 52.1 Å². The average molecular weight is 536 g/mol. The SMILES string of the molecule is Cc1ccc(S(=O)(=O)N(CC(=O)N(Cc2ccccc2C)C(C)C(=O)NCC(C)C)c2ccccc2)cc1. The van der Waals surface area contributed by atoms with E-state index in [4.69, 9.17) is 0 Å². The molecule has 3 rings (SSSR count). The van der Waals surface area contributed by atoms with Gasteiger partial charge < -0.3 is 10.2 Å². The first kappa shape index (κ1) is 28.9. The van der Waals surface area contributed by atoms with Crippen molar-refractivity contribution in [3.05, 3.63) is 95.6 Å². The van der Waals surface area contributed by atoms with Gasteiger partial charge in [0.25, 0.3) is 10.0 Å². The van der Waals surface area contributed by atoms with E-state index < -0.39 is 28.5 Å². The number of para-hydroxylation sites is 1. The topological polar surface area (TPSA) is 86.8 Å². The van der Waals surface area contributed by atoms with Gasteiger partial charge in [-0.05, 0) is 62.1 Å². The molecule has 0 aliphatic rings. The number of rotatable bonds is 11. The van der Waals surface area contributed by atoms with E-state index in [0.29, 0.717) is 12.2 Å². The lowest BCUT2D eigenvalue weighted by Gasteiger charge is -2.32. The molecule has 0 saturated heterocycles. The molecule has 0 spiro atoms. The van der Waals surface area contributed by atoms with E-state index in [1.54, 1.807) is 49.4 Å². The Bertz CT molecular complexity index is 1340. The van der Waals surface area contributed by atoms with Gasteiger partial charge in [-0.1, -0.05) is 74.0 Å². The predicted molar refractivity (Wildman–Crippen MR) is 151 cm³/mol. The summed E-state index contributed by atoms with van der Waals surface area (Å²) >= 11 is 0. The molecule has 202 valence electrons. The van der Waals surface area contributed by atoms with Crippen LogP contribution >= 0.6 is 0 Å². The number of amides is 2. The number of nitrogens with one attached hydrogen (secondary N) is 1. The Labute approximate surface area is 226 Å². The number of hydrogen-bond donors (Lipinski definition) is 1. The average Bonchev–Trinajstić information content (AvgIpc) is 2.90. The van der Waals surface area contributed by atoms with Crippen LogP contribution in [-0.2, 0) is 26.2 Å². The molecule has 1 atom stereocenters. The van der Waals surface area contributed by atoms with Gasteiger partial charge in [0.1, 0.15) is 12.6 Å². The molecule has 3 aromatic rings. The summed E-state index contributed by atoms with van der Waals surface area (Å²) in [4.78, 5) is 28.5. The highest BCUT2D eigenvalue weighted by Crippen LogP contribution is 2.25. The van der Waals surface area contributed by atoms with Crippen molar-refractivity contribution < 1.29 is 18.0 Å². The van der Waals surface area contributed by atoms with Gasteiger partial charge in [0, 0.05) is 13.1 Å². The van der Waals surface area contributed by atoms with Crippen LogP contribution in [0.5, 0.6) is 0 Å². The molecule has 0 radical (unpaired) electrons. The zero-order valence-electron chi connectivity index (χ0n) is 22.7. The summed E-state index contributed by atoms with van der Waals surface area (Å²) in [5.41, 5.74) is 3.16. The standard InChI is InChI=1S/C30H37N3O4S/c1-22(2)19-31-30(35)25(5)32(20-26-12-10-9-11-24(26)4)29(34)21-33(27-13-7-6-8-14-27)38(36,37)28-17-15-23(3)16-18-28/h6-18,22,25H,19-21H2,1-5H3,(H,31,35).